The smallest absolute Gasteiger partial charge is 0.304 e. The van der Waals surface area contributed by atoms with Gasteiger partial charge in [0.15, 0.2) is 16.6 Å². The third-order valence-electron chi connectivity index (χ3n) is 4.53. The van der Waals surface area contributed by atoms with Crippen LogP contribution in [0.25, 0.3) is 21.9 Å². The van der Waals surface area contributed by atoms with E-state index in [-0.39, 0.29) is 12.2 Å². The summed E-state index contributed by atoms with van der Waals surface area (Å²) in [5.41, 5.74) is 1.52. The number of carbonyl (C=O) groups is 2. The number of Topliss-reactive ketones (excluding diaryl/α,β-unsaturated/α-hetero) is 1. The average molecular weight is 442 g/mol. The zero-order valence-electron chi connectivity index (χ0n) is 15.8. The van der Waals surface area contributed by atoms with Gasteiger partial charge < -0.3 is 14.8 Å². The maximum absolute atomic E-state index is 12.9. The van der Waals surface area contributed by atoms with Crippen LogP contribution in [0.1, 0.15) is 16.8 Å². The molecule has 30 heavy (non-hydrogen) atoms. The molecule has 7 nitrogen and oxygen atoms in total. The number of pyridine rings is 1. The number of methoxy groups -OCH3 is 1. The Hall–Kier alpha value is -3.10. The van der Waals surface area contributed by atoms with E-state index >= 15 is 0 Å². The van der Waals surface area contributed by atoms with E-state index in [0.717, 1.165) is 22.5 Å². The van der Waals surface area contributed by atoms with Crippen LogP contribution < -0.4 is 4.74 Å². The number of nitrogens with zero attached hydrogens (tertiary/aromatic N) is 2. The van der Waals surface area contributed by atoms with Gasteiger partial charge in [-0.15, -0.1) is 0 Å². The van der Waals surface area contributed by atoms with Gasteiger partial charge in [-0.3, -0.25) is 9.59 Å². The lowest BCUT2D eigenvalue weighted by Crippen LogP contribution is -2.21. The molecule has 0 amide bonds. The molecule has 4 aromatic rings. The predicted molar refractivity (Wildman–Crippen MR) is 116 cm³/mol. The molecule has 2 aromatic heterocycles. The molecule has 0 saturated carbocycles. The summed E-state index contributed by atoms with van der Waals surface area (Å²) in [6.07, 6.45) is -0.347. The molecule has 0 radical (unpaired) electrons. The van der Waals surface area contributed by atoms with E-state index in [9.17, 15) is 14.7 Å². The normalized spacial score (nSPS) is 12.2. The highest BCUT2D eigenvalue weighted by atomic mass is 35.5. The zero-order chi connectivity index (χ0) is 21.3. The lowest BCUT2D eigenvalue weighted by atomic mass is 10.1. The fraction of sp³-hybridized carbons (Fsp3) is 0.143. The number of H-pyrrole nitrogens is 1. The first-order valence-electron chi connectivity index (χ1n) is 8.97. The Morgan fingerprint density at radius 1 is 1.13 bits per heavy atom. The highest BCUT2D eigenvalue weighted by Gasteiger charge is 2.26. The van der Waals surface area contributed by atoms with Crippen molar-refractivity contribution < 1.29 is 19.4 Å². The molecule has 0 spiro atoms. The number of rotatable bonds is 7. The van der Waals surface area contributed by atoms with Crippen molar-refractivity contribution in [1.29, 1.82) is 0 Å². The quantitative estimate of drug-likeness (QED) is 0.319. The number of hydrogen-bond donors (Lipinski definition) is 2. The van der Waals surface area contributed by atoms with E-state index < -0.39 is 11.2 Å². The van der Waals surface area contributed by atoms with Crippen LogP contribution in [-0.4, -0.2) is 44.2 Å². The van der Waals surface area contributed by atoms with E-state index in [2.05, 4.69) is 15.0 Å². The Bertz CT molecular complexity index is 1260. The molecule has 0 aliphatic heterocycles. The number of carbonyl (C=O) groups excluding carboxylic acids is 1. The number of ketones is 1. The number of nitrogens with one attached hydrogen (secondary N) is 1. The molecule has 2 heterocycles. The minimum absolute atomic E-state index is 0.310. The summed E-state index contributed by atoms with van der Waals surface area (Å²) in [7, 11) is 1.54. The van der Waals surface area contributed by atoms with E-state index in [0.29, 0.717) is 32.8 Å². The minimum Gasteiger partial charge on any atom is -0.481 e. The molecule has 2 aromatic carbocycles. The molecule has 2 N–H and O–H groups in total. The van der Waals surface area contributed by atoms with Gasteiger partial charge in [-0.05, 0) is 30.3 Å². The summed E-state index contributed by atoms with van der Waals surface area (Å²) >= 11 is 6.95. The molecular formula is C21H16ClN3O4S. The molecule has 0 aliphatic rings. The van der Waals surface area contributed by atoms with Crippen LogP contribution in [0.15, 0.2) is 53.7 Å². The number of imidazole rings is 1. The summed E-state index contributed by atoms with van der Waals surface area (Å²) < 4.78 is 5.37. The van der Waals surface area contributed by atoms with Gasteiger partial charge in [0.2, 0.25) is 5.88 Å². The van der Waals surface area contributed by atoms with Gasteiger partial charge >= 0.3 is 5.97 Å². The first kappa shape index (κ1) is 20.2. The van der Waals surface area contributed by atoms with Crippen molar-refractivity contribution in [3.63, 3.8) is 0 Å². The standard InChI is InChI=1S/C21H16ClN3O4S/c1-29-20-14-5-3-2-4-13(14)17-19(24-20)25-21(23-17)30-15(10-16(26)27)18(28)11-6-8-12(22)9-7-11/h2-9,15H,10H2,1H3,(H,26,27)(H,23,24,25)/t15-/m0/s1. The number of fused-ring (bicyclic) bond motifs is 3. The van der Waals surface area contributed by atoms with Crippen molar-refractivity contribution in [1.82, 2.24) is 15.0 Å². The SMILES string of the molecule is COc1nc2nc(S[C@@H](CC(=O)O)C(=O)c3ccc(Cl)cc3)[nH]c2c2ccccc12. The molecule has 9 heteroatoms. The summed E-state index contributed by atoms with van der Waals surface area (Å²) in [5.74, 6) is -0.938. The maximum atomic E-state index is 12.9. The van der Waals surface area contributed by atoms with Gasteiger partial charge in [-0.2, -0.15) is 4.98 Å². The van der Waals surface area contributed by atoms with Crippen LogP contribution in [0.3, 0.4) is 0 Å². The van der Waals surface area contributed by atoms with Crippen molar-refractivity contribution >= 4 is 57.1 Å². The van der Waals surface area contributed by atoms with E-state index in [1.165, 1.54) is 7.11 Å². The molecular weight excluding hydrogens is 426 g/mol. The van der Waals surface area contributed by atoms with Crippen LogP contribution in [0.5, 0.6) is 5.88 Å². The number of aliphatic carboxylic acids is 1. The van der Waals surface area contributed by atoms with Gasteiger partial charge in [0.1, 0.15) is 0 Å². The van der Waals surface area contributed by atoms with E-state index in [4.69, 9.17) is 16.3 Å². The Labute approximate surface area is 180 Å². The average Bonchev–Trinajstić information content (AvgIpc) is 3.15. The monoisotopic (exact) mass is 441 g/mol. The highest BCUT2D eigenvalue weighted by Crippen LogP contribution is 2.33. The number of halogens is 1. The first-order chi connectivity index (χ1) is 14.5. The second-order valence-corrected chi connectivity index (χ2v) is 8.11. The van der Waals surface area contributed by atoms with Crippen LogP contribution in [0.2, 0.25) is 5.02 Å². The Balaban J connectivity index is 1.72. The maximum Gasteiger partial charge on any atom is 0.304 e. The highest BCUT2D eigenvalue weighted by molar-refractivity contribution is 8.00. The van der Waals surface area contributed by atoms with Gasteiger partial charge in [0.05, 0.1) is 24.3 Å². The second-order valence-electron chi connectivity index (χ2n) is 6.48. The van der Waals surface area contributed by atoms with E-state index in [1.807, 2.05) is 24.3 Å². The molecule has 0 unspecified atom stereocenters. The van der Waals surface area contributed by atoms with Crippen LogP contribution in [-0.2, 0) is 4.79 Å². The number of aromatic amines is 1. The molecule has 0 aliphatic carbocycles. The summed E-state index contributed by atoms with van der Waals surface area (Å²) in [6.45, 7) is 0. The Kier molecular flexibility index (Phi) is 5.61. The number of carboxylic acid groups (broad SMARTS) is 1. The number of thioether (sulfide) groups is 1. The van der Waals surface area contributed by atoms with E-state index in [1.54, 1.807) is 24.3 Å². The summed E-state index contributed by atoms with van der Waals surface area (Å²) in [5, 5.41) is 11.0. The summed E-state index contributed by atoms with van der Waals surface area (Å²) in [6, 6.07) is 14.0. The van der Waals surface area contributed by atoms with Crippen molar-refractivity contribution in [2.24, 2.45) is 0 Å². The number of carboxylic acids is 1. The Morgan fingerprint density at radius 3 is 2.50 bits per heavy atom. The number of aromatic nitrogens is 3. The van der Waals surface area contributed by atoms with Gasteiger partial charge in [-0.25, -0.2) is 4.98 Å². The number of ether oxygens (including phenoxy) is 1. The van der Waals surface area contributed by atoms with Crippen molar-refractivity contribution in [3.05, 3.63) is 59.1 Å². The lowest BCUT2D eigenvalue weighted by molar-refractivity contribution is -0.136. The van der Waals surface area contributed by atoms with Crippen molar-refractivity contribution in [2.45, 2.75) is 16.8 Å². The zero-order valence-corrected chi connectivity index (χ0v) is 17.3. The number of benzene rings is 2. The second kappa shape index (κ2) is 8.33. The van der Waals surface area contributed by atoms with Crippen molar-refractivity contribution in [3.8, 4) is 5.88 Å². The molecule has 152 valence electrons. The summed E-state index contributed by atoms with van der Waals surface area (Å²) in [4.78, 5) is 36.4. The largest absolute Gasteiger partial charge is 0.481 e. The van der Waals surface area contributed by atoms with Gasteiger partial charge in [0.25, 0.3) is 0 Å². The fourth-order valence-corrected chi connectivity index (χ4v) is 4.31. The number of hydrogen-bond acceptors (Lipinski definition) is 6. The third kappa shape index (κ3) is 3.96. The first-order valence-corrected chi connectivity index (χ1v) is 10.2. The predicted octanol–water partition coefficient (Wildman–Crippen LogP) is 4.59. The minimum atomic E-state index is -1.07. The van der Waals surface area contributed by atoms with Crippen molar-refractivity contribution in [2.75, 3.05) is 7.11 Å². The molecule has 0 fully saturated rings. The molecule has 0 bridgehead atoms. The van der Waals surface area contributed by atoms with Crippen LogP contribution >= 0.6 is 23.4 Å². The fourth-order valence-electron chi connectivity index (χ4n) is 3.15. The topological polar surface area (TPSA) is 105 Å². The van der Waals surface area contributed by atoms with Crippen LogP contribution in [0.4, 0.5) is 0 Å². The van der Waals surface area contributed by atoms with Gasteiger partial charge in [0, 0.05) is 21.4 Å². The Morgan fingerprint density at radius 2 is 1.83 bits per heavy atom. The molecule has 0 saturated heterocycles. The molecule has 1 atom stereocenters. The van der Waals surface area contributed by atoms with Crippen LogP contribution in [0, 0.1) is 0 Å². The van der Waals surface area contributed by atoms with Gasteiger partial charge in [-0.1, -0.05) is 41.6 Å². The third-order valence-corrected chi connectivity index (χ3v) is 5.86. The molecule has 4 rings (SSSR count). The lowest BCUT2D eigenvalue weighted by Gasteiger charge is -2.12.